The zero-order valence-corrected chi connectivity index (χ0v) is 57.6. The van der Waals surface area contributed by atoms with E-state index in [1.165, 1.54) is 55.3 Å². The van der Waals surface area contributed by atoms with Gasteiger partial charge in [-0.05, 0) is 188 Å². The van der Waals surface area contributed by atoms with Gasteiger partial charge in [0.2, 0.25) is 0 Å². The molecule has 6 aliphatic heterocycles. The Morgan fingerprint density at radius 3 is 0.813 bits per heavy atom. The largest absolute Gasteiger partial charge is 0.458 e. The molecule has 0 spiro atoms. The van der Waals surface area contributed by atoms with Crippen molar-refractivity contribution in [3.05, 3.63) is 185 Å². The lowest BCUT2D eigenvalue weighted by Crippen LogP contribution is -2.65. The number of fused-ring (bicyclic) bond motifs is 12. The van der Waals surface area contributed by atoms with Crippen molar-refractivity contribution in [1.29, 1.82) is 0 Å². The normalized spacial score (nSPS) is 15.1. The standard InChI is InChI=1S/C82H87B3N2O4/c1-76(2,3)46-22-28-53(29-23-46)86-61-44-67-59(84-57-34-48(78(7,8)9)26-32-65(57)88-69-38-51(81(16,17)18)40-71(90-67)74(69)84)42-55(61)83-56-43-60-68(91-72-41-52(82(19,20)21)39-70-75(72)85(60)58-35-49(79(10,11)12)27-33-66(58)89-70)45-62(56)87(54-30-24-47(25-31-54)77(4,5)6)64-37-50(80(13,14)15)36-63(86)73(64)83/h22-45H,1-21H3. The van der Waals surface area contributed by atoms with Gasteiger partial charge < -0.3 is 28.7 Å². The van der Waals surface area contributed by atoms with Crippen LogP contribution in [0, 0.1) is 0 Å². The average Bonchev–Trinajstić information content (AvgIpc) is 0.691. The van der Waals surface area contributed by atoms with Crippen molar-refractivity contribution < 1.29 is 18.9 Å². The highest BCUT2D eigenvalue weighted by molar-refractivity contribution is 7.03. The van der Waals surface area contributed by atoms with Crippen LogP contribution in [0.2, 0.25) is 0 Å². The molecule has 0 saturated carbocycles. The Bertz CT molecular complexity index is 4300. The molecule has 6 heterocycles. The molecule has 9 heteroatoms. The van der Waals surface area contributed by atoms with Crippen LogP contribution in [-0.4, -0.2) is 20.1 Å². The van der Waals surface area contributed by atoms with E-state index in [-0.39, 0.29) is 58.0 Å². The third-order valence-electron chi connectivity index (χ3n) is 20.6. The second-order valence-corrected chi connectivity index (χ2v) is 34.3. The summed E-state index contributed by atoms with van der Waals surface area (Å²) < 4.78 is 29.3. The summed E-state index contributed by atoms with van der Waals surface area (Å²) >= 11 is 0. The Balaban J connectivity index is 1.07. The first-order valence-electron chi connectivity index (χ1n) is 33.2. The van der Waals surface area contributed by atoms with Gasteiger partial charge in [-0.25, -0.2) is 0 Å². The van der Waals surface area contributed by atoms with E-state index in [2.05, 4.69) is 301 Å². The zero-order valence-electron chi connectivity index (χ0n) is 57.6. The number of anilines is 6. The molecule has 0 unspecified atom stereocenters. The quantitative estimate of drug-likeness (QED) is 0.161. The van der Waals surface area contributed by atoms with Gasteiger partial charge in [0.25, 0.3) is 20.1 Å². The molecule has 9 aromatic carbocycles. The van der Waals surface area contributed by atoms with Crippen molar-refractivity contribution in [3.63, 3.8) is 0 Å². The van der Waals surface area contributed by atoms with Gasteiger partial charge in [0.15, 0.2) is 0 Å². The zero-order chi connectivity index (χ0) is 64.5. The molecule has 0 aromatic heterocycles. The van der Waals surface area contributed by atoms with Gasteiger partial charge in [-0.3, -0.25) is 0 Å². The number of benzene rings is 9. The number of ether oxygens (including phenoxy) is 4. The fourth-order valence-corrected chi connectivity index (χ4v) is 15.0. The van der Waals surface area contributed by atoms with Crippen molar-refractivity contribution in [2.24, 2.45) is 0 Å². The van der Waals surface area contributed by atoms with Crippen molar-refractivity contribution in [2.45, 2.75) is 183 Å². The summed E-state index contributed by atoms with van der Waals surface area (Å²) in [4.78, 5) is 5.15. The van der Waals surface area contributed by atoms with E-state index in [4.69, 9.17) is 18.9 Å². The number of nitrogens with zero attached hydrogens (tertiary/aromatic N) is 2. The Hall–Kier alpha value is -8.03. The highest BCUT2D eigenvalue weighted by Gasteiger charge is 2.50. The molecule has 0 amide bonds. The Kier molecular flexibility index (Phi) is 12.6. The lowest BCUT2D eigenvalue weighted by atomic mass is 9.29. The summed E-state index contributed by atoms with van der Waals surface area (Å²) in [6.07, 6.45) is 0. The third kappa shape index (κ3) is 9.42. The molecule has 0 fully saturated rings. The van der Waals surface area contributed by atoms with Crippen LogP contribution >= 0.6 is 0 Å². The van der Waals surface area contributed by atoms with Crippen molar-refractivity contribution in [1.82, 2.24) is 0 Å². The lowest BCUT2D eigenvalue weighted by Gasteiger charge is -2.46. The average molecular weight is 1200 g/mol. The highest BCUT2D eigenvalue weighted by atomic mass is 16.5. The van der Waals surface area contributed by atoms with Crippen LogP contribution in [0.1, 0.15) is 184 Å². The maximum atomic E-state index is 7.54. The molecule has 6 nitrogen and oxygen atoms in total. The number of hydrogen-bond donors (Lipinski definition) is 0. The molecule has 6 aliphatic rings. The summed E-state index contributed by atoms with van der Waals surface area (Å²) in [5, 5.41) is 0. The summed E-state index contributed by atoms with van der Waals surface area (Å²) in [5.74, 6) is 6.91. The molecule has 0 bridgehead atoms. The van der Waals surface area contributed by atoms with Crippen LogP contribution in [-0.2, 0) is 37.9 Å². The number of rotatable bonds is 2. The molecule has 91 heavy (non-hydrogen) atoms. The van der Waals surface area contributed by atoms with E-state index >= 15 is 0 Å². The summed E-state index contributed by atoms with van der Waals surface area (Å²) in [6.45, 7) is 47.8. The minimum atomic E-state index is -0.247. The molecular formula is C82H87B3N2O4. The van der Waals surface area contributed by atoms with Crippen LogP contribution in [0.5, 0.6) is 46.0 Å². The van der Waals surface area contributed by atoms with Crippen molar-refractivity contribution in [3.8, 4) is 46.0 Å². The summed E-state index contributed by atoms with van der Waals surface area (Å²) in [7, 11) is 0. The highest BCUT2D eigenvalue weighted by Crippen LogP contribution is 2.50. The third-order valence-corrected chi connectivity index (χ3v) is 20.6. The maximum absolute atomic E-state index is 7.54. The Labute approximate surface area is 543 Å². The second kappa shape index (κ2) is 19.3. The predicted molar refractivity (Wildman–Crippen MR) is 387 cm³/mol. The van der Waals surface area contributed by atoms with Gasteiger partial charge in [0, 0.05) is 57.2 Å². The van der Waals surface area contributed by atoms with Gasteiger partial charge in [-0.15, -0.1) is 0 Å². The Morgan fingerprint density at radius 2 is 0.495 bits per heavy atom. The van der Waals surface area contributed by atoms with E-state index in [1.54, 1.807) is 0 Å². The smallest absolute Gasteiger partial charge is 0.260 e. The molecule has 458 valence electrons. The van der Waals surface area contributed by atoms with Crippen LogP contribution in [0.3, 0.4) is 0 Å². The first kappa shape index (κ1) is 59.3. The van der Waals surface area contributed by atoms with Gasteiger partial charge in [-0.1, -0.05) is 206 Å². The topological polar surface area (TPSA) is 43.4 Å². The fourth-order valence-electron chi connectivity index (χ4n) is 15.0. The molecule has 15 rings (SSSR count). The molecule has 0 N–H and O–H groups in total. The molecule has 9 aromatic rings. The van der Waals surface area contributed by atoms with E-state index in [0.717, 1.165) is 113 Å². The summed E-state index contributed by atoms with van der Waals surface area (Å²) in [5.41, 5.74) is 25.0. The van der Waals surface area contributed by atoms with E-state index in [0.29, 0.717) is 0 Å². The van der Waals surface area contributed by atoms with E-state index < -0.39 is 0 Å². The molecular weight excluding hydrogens is 1110 g/mol. The van der Waals surface area contributed by atoms with Crippen molar-refractivity contribution in [2.75, 3.05) is 9.80 Å². The minimum Gasteiger partial charge on any atom is -0.458 e. The fraction of sp³-hybridized carbons (Fsp3) is 0.341. The predicted octanol–water partition coefficient (Wildman–Crippen LogP) is 16.3. The monoisotopic (exact) mass is 1200 g/mol. The Morgan fingerprint density at radius 1 is 0.220 bits per heavy atom. The molecule has 0 aliphatic carbocycles. The van der Waals surface area contributed by atoms with Crippen LogP contribution in [0.15, 0.2) is 146 Å². The summed E-state index contributed by atoms with van der Waals surface area (Å²) in [6, 6.07) is 56.6. The van der Waals surface area contributed by atoms with E-state index in [1.807, 2.05) is 0 Å². The van der Waals surface area contributed by atoms with Crippen LogP contribution in [0.25, 0.3) is 0 Å². The molecule has 0 saturated heterocycles. The van der Waals surface area contributed by atoms with Gasteiger partial charge >= 0.3 is 0 Å². The second-order valence-electron chi connectivity index (χ2n) is 34.3. The first-order chi connectivity index (χ1) is 42.5. The number of hydrogen-bond acceptors (Lipinski definition) is 6. The van der Waals surface area contributed by atoms with Crippen LogP contribution in [0.4, 0.5) is 34.1 Å². The maximum Gasteiger partial charge on any atom is 0.260 e. The first-order valence-corrected chi connectivity index (χ1v) is 33.2. The van der Waals surface area contributed by atoms with Crippen LogP contribution < -0.4 is 77.9 Å². The SMILES string of the molecule is CC(C)(C)c1ccc(N2c3cc4c(cc3B3c5cc6c(cc5N(c5ccc(C(C)(C)C)cc5)c5cc(C(C)(C)C)cc2c53)Oc2cc(C(C)(C)C)cc3c2B6c2cc(C(C)(C)C)ccc2O3)B2c3cc(C(C)(C)C)ccc3Oc3cc(C(C)(C)C)cc(c32)O4)cc1. The minimum absolute atomic E-state index is 0.0439. The molecule has 0 atom stereocenters. The van der Waals surface area contributed by atoms with Crippen molar-refractivity contribution >= 4 is 103 Å². The lowest BCUT2D eigenvalue weighted by molar-refractivity contribution is 0.457. The molecule has 0 radical (unpaired) electrons. The van der Waals surface area contributed by atoms with Gasteiger partial charge in [0.1, 0.15) is 46.0 Å². The van der Waals surface area contributed by atoms with Gasteiger partial charge in [-0.2, -0.15) is 0 Å². The van der Waals surface area contributed by atoms with Gasteiger partial charge in [0.05, 0.1) is 0 Å². The van der Waals surface area contributed by atoms with E-state index in [9.17, 15) is 0 Å².